The maximum Gasteiger partial charge on any atom is 0.416 e. The van der Waals surface area contributed by atoms with Crippen molar-refractivity contribution in [1.82, 2.24) is 10.3 Å². The van der Waals surface area contributed by atoms with E-state index in [1.807, 2.05) is 0 Å². The van der Waals surface area contributed by atoms with Crippen LogP contribution in [0.25, 0.3) is 10.9 Å². The van der Waals surface area contributed by atoms with Crippen molar-refractivity contribution in [2.45, 2.75) is 12.7 Å². The van der Waals surface area contributed by atoms with Gasteiger partial charge in [-0.25, -0.2) is 9.37 Å². The molecule has 162 valence electrons. The van der Waals surface area contributed by atoms with Crippen LogP contribution in [0.4, 0.5) is 29.1 Å². The average Bonchev–Trinajstić information content (AvgIpc) is 2.77. The minimum atomic E-state index is -4.47. The molecular formula is C24H17F4N3O. The van der Waals surface area contributed by atoms with Gasteiger partial charge in [0.25, 0.3) is 5.91 Å². The van der Waals surface area contributed by atoms with Crippen LogP contribution in [0.1, 0.15) is 21.5 Å². The van der Waals surface area contributed by atoms with E-state index in [4.69, 9.17) is 0 Å². The molecular weight excluding hydrogens is 422 g/mol. The minimum Gasteiger partial charge on any atom is -0.348 e. The lowest BCUT2D eigenvalue weighted by molar-refractivity contribution is -0.137. The molecule has 4 aromatic rings. The number of fused-ring (bicyclic) bond motifs is 1. The van der Waals surface area contributed by atoms with Gasteiger partial charge in [-0.15, -0.1) is 0 Å². The van der Waals surface area contributed by atoms with E-state index in [2.05, 4.69) is 15.6 Å². The summed E-state index contributed by atoms with van der Waals surface area (Å²) < 4.78 is 52.1. The number of aromatic nitrogens is 1. The lowest BCUT2D eigenvalue weighted by atomic mass is 10.1. The lowest BCUT2D eigenvalue weighted by Crippen LogP contribution is -2.23. The molecule has 0 bridgehead atoms. The first-order valence-corrected chi connectivity index (χ1v) is 9.66. The predicted molar refractivity (Wildman–Crippen MR) is 114 cm³/mol. The zero-order chi connectivity index (χ0) is 22.7. The molecule has 1 aromatic heterocycles. The van der Waals surface area contributed by atoms with Crippen molar-refractivity contribution >= 4 is 28.3 Å². The summed E-state index contributed by atoms with van der Waals surface area (Å²) in [6, 6.07) is 18.9. The first-order valence-electron chi connectivity index (χ1n) is 9.66. The highest BCUT2D eigenvalue weighted by molar-refractivity contribution is 6.07. The Labute approximate surface area is 180 Å². The van der Waals surface area contributed by atoms with Gasteiger partial charge in [-0.1, -0.05) is 36.4 Å². The Morgan fingerprint density at radius 1 is 0.906 bits per heavy atom. The normalized spacial score (nSPS) is 11.4. The van der Waals surface area contributed by atoms with Gasteiger partial charge < -0.3 is 10.6 Å². The molecule has 0 spiro atoms. The zero-order valence-corrected chi connectivity index (χ0v) is 16.6. The second-order valence-electron chi connectivity index (χ2n) is 7.08. The number of anilines is 2. The van der Waals surface area contributed by atoms with Gasteiger partial charge in [0.2, 0.25) is 0 Å². The number of hydrogen-bond acceptors (Lipinski definition) is 3. The van der Waals surface area contributed by atoms with Crippen molar-refractivity contribution in [2.75, 3.05) is 5.32 Å². The quantitative estimate of drug-likeness (QED) is 0.371. The summed E-state index contributed by atoms with van der Waals surface area (Å²) in [4.78, 5) is 17.3. The van der Waals surface area contributed by atoms with E-state index in [0.717, 1.165) is 17.7 Å². The van der Waals surface area contributed by atoms with Crippen LogP contribution < -0.4 is 10.6 Å². The van der Waals surface area contributed by atoms with Crippen LogP contribution in [0.3, 0.4) is 0 Å². The molecule has 0 saturated carbocycles. The van der Waals surface area contributed by atoms with Crippen LogP contribution in [-0.2, 0) is 12.7 Å². The highest BCUT2D eigenvalue weighted by atomic mass is 19.4. The highest BCUT2D eigenvalue weighted by Crippen LogP contribution is 2.31. The zero-order valence-electron chi connectivity index (χ0n) is 16.6. The number of amides is 1. The number of nitrogens with one attached hydrogen (secondary N) is 2. The van der Waals surface area contributed by atoms with Gasteiger partial charge >= 0.3 is 6.18 Å². The van der Waals surface area contributed by atoms with Gasteiger partial charge in [0, 0.05) is 17.6 Å². The van der Waals surface area contributed by atoms with Crippen molar-refractivity contribution < 1.29 is 22.4 Å². The SMILES string of the molecule is O=C(NCc1ccc(F)cc1)c1cc(Nc2cccc(C(F)(F)F)c2)nc2ccccc12. The van der Waals surface area contributed by atoms with E-state index < -0.39 is 11.7 Å². The second kappa shape index (κ2) is 8.66. The molecule has 0 aliphatic carbocycles. The third kappa shape index (κ3) is 4.85. The predicted octanol–water partition coefficient (Wildman–Crippen LogP) is 6.07. The molecule has 0 atom stereocenters. The van der Waals surface area contributed by atoms with Crippen LogP contribution >= 0.6 is 0 Å². The molecule has 4 nitrogen and oxygen atoms in total. The molecule has 0 aliphatic rings. The Kier molecular flexibility index (Phi) is 5.77. The summed E-state index contributed by atoms with van der Waals surface area (Å²) in [5, 5.41) is 6.23. The Hall–Kier alpha value is -3.94. The molecule has 1 heterocycles. The summed E-state index contributed by atoms with van der Waals surface area (Å²) >= 11 is 0. The van der Waals surface area contributed by atoms with Crippen molar-refractivity contribution in [1.29, 1.82) is 0 Å². The topological polar surface area (TPSA) is 54.0 Å². The van der Waals surface area contributed by atoms with Crippen molar-refractivity contribution in [3.8, 4) is 0 Å². The lowest BCUT2D eigenvalue weighted by Gasteiger charge is -2.13. The third-order valence-electron chi connectivity index (χ3n) is 4.79. The van der Waals surface area contributed by atoms with Gasteiger partial charge in [-0.2, -0.15) is 13.2 Å². The van der Waals surface area contributed by atoms with Crippen molar-refractivity contribution in [3.05, 3.63) is 101 Å². The van der Waals surface area contributed by atoms with Crippen LogP contribution in [0.2, 0.25) is 0 Å². The van der Waals surface area contributed by atoms with Gasteiger partial charge in [0.1, 0.15) is 11.6 Å². The van der Waals surface area contributed by atoms with Gasteiger partial charge in [0.05, 0.1) is 16.6 Å². The second-order valence-corrected chi connectivity index (χ2v) is 7.08. The first kappa shape index (κ1) is 21.3. The Balaban J connectivity index is 1.63. The maximum atomic E-state index is 13.1. The largest absolute Gasteiger partial charge is 0.416 e. The van der Waals surface area contributed by atoms with Crippen LogP contribution in [0.5, 0.6) is 0 Å². The Morgan fingerprint density at radius 2 is 1.66 bits per heavy atom. The van der Waals surface area contributed by atoms with E-state index >= 15 is 0 Å². The van der Waals surface area contributed by atoms with Gasteiger partial charge in [0.15, 0.2) is 0 Å². The first-order chi connectivity index (χ1) is 15.3. The summed E-state index contributed by atoms with van der Waals surface area (Å²) in [6.07, 6.45) is -4.47. The monoisotopic (exact) mass is 439 g/mol. The summed E-state index contributed by atoms with van der Waals surface area (Å²) in [6.45, 7) is 0.187. The summed E-state index contributed by atoms with van der Waals surface area (Å²) in [7, 11) is 0. The molecule has 4 rings (SSSR count). The molecule has 0 saturated heterocycles. The van der Waals surface area contributed by atoms with E-state index in [-0.39, 0.29) is 29.8 Å². The number of hydrogen-bond donors (Lipinski definition) is 2. The molecule has 0 fully saturated rings. The van der Waals surface area contributed by atoms with Crippen LogP contribution in [0.15, 0.2) is 78.9 Å². The number of benzene rings is 3. The molecule has 0 unspecified atom stereocenters. The maximum absolute atomic E-state index is 13.1. The number of rotatable bonds is 5. The molecule has 3 aromatic carbocycles. The van der Waals surface area contributed by atoms with Crippen molar-refractivity contribution in [2.24, 2.45) is 0 Å². The van der Waals surface area contributed by atoms with Gasteiger partial charge in [-0.3, -0.25) is 4.79 Å². The molecule has 8 heteroatoms. The number of alkyl halides is 3. The number of carbonyl (C=O) groups excluding carboxylic acids is 1. The fourth-order valence-corrected chi connectivity index (χ4v) is 3.23. The minimum absolute atomic E-state index is 0.187. The smallest absolute Gasteiger partial charge is 0.348 e. The van der Waals surface area contributed by atoms with Gasteiger partial charge in [-0.05, 0) is 48.0 Å². The number of pyridine rings is 1. The molecule has 1 amide bonds. The summed E-state index contributed by atoms with van der Waals surface area (Å²) in [5.74, 6) is -0.527. The van der Waals surface area contributed by atoms with Crippen LogP contribution in [-0.4, -0.2) is 10.9 Å². The van der Waals surface area contributed by atoms with Crippen LogP contribution in [0, 0.1) is 5.82 Å². The molecule has 0 aliphatic heterocycles. The van der Waals surface area contributed by atoms with Crippen molar-refractivity contribution in [3.63, 3.8) is 0 Å². The fraction of sp³-hybridized carbons (Fsp3) is 0.0833. The van der Waals surface area contributed by atoms with E-state index in [0.29, 0.717) is 16.5 Å². The molecule has 0 radical (unpaired) electrons. The molecule has 2 N–H and O–H groups in total. The number of nitrogens with zero attached hydrogens (tertiary/aromatic N) is 1. The van der Waals surface area contributed by atoms with E-state index in [1.165, 1.54) is 30.3 Å². The van der Waals surface area contributed by atoms with E-state index in [1.54, 1.807) is 36.4 Å². The third-order valence-corrected chi connectivity index (χ3v) is 4.79. The summed E-state index contributed by atoms with van der Waals surface area (Å²) in [5.41, 5.74) is 0.949. The Morgan fingerprint density at radius 3 is 2.41 bits per heavy atom. The Bertz CT molecular complexity index is 1270. The number of halogens is 4. The number of carbonyl (C=O) groups is 1. The number of para-hydroxylation sites is 1. The highest BCUT2D eigenvalue weighted by Gasteiger charge is 2.30. The average molecular weight is 439 g/mol. The standard InChI is InChI=1S/C24H17F4N3O/c25-17-10-8-15(9-11-17)14-29-23(32)20-13-22(31-21-7-2-1-6-19(20)21)30-18-5-3-4-16(12-18)24(26,27)28/h1-13H,14H2,(H,29,32)(H,30,31). The fourth-order valence-electron chi connectivity index (χ4n) is 3.23. The molecule has 32 heavy (non-hydrogen) atoms. The van der Waals surface area contributed by atoms with E-state index in [9.17, 15) is 22.4 Å².